The molecule has 108 valence electrons. The zero-order chi connectivity index (χ0) is 13.5. The second-order valence-corrected chi connectivity index (χ2v) is 6.51. The second-order valence-electron chi connectivity index (χ2n) is 6.51. The van der Waals surface area contributed by atoms with Crippen LogP contribution in [0, 0.1) is 11.8 Å². The predicted molar refractivity (Wildman–Crippen MR) is 81.0 cm³/mol. The Morgan fingerprint density at radius 1 is 1.22 bits per heavy atom. The van der Waals surface area contributed by atoms with Gasteiger partial charge < -0.3 is 10.2 Å². The van der Waals surface area contributed by atoms with Gasteiger partial charge in [0.05, 0.1) is 0 Å². The minimum atomic E-state index is 0.687. The van der Waals surface area contributed by atoms with Gasteiger partial charge in [-0.15, -0.1) is 0 Å². The van der Waals surface area contributed by atoms with Gasteiger partial charge >= 0.3 is 0 Å². The van der Waals surface area contributed by atoms with Gasteiger partial charge in [0.2, 0.25) is 0 Å². The third-order valence-electron chi connectivity index (χ3n) is 4.60. The Labute approximate surface area is 115 Å². The Hall–Kier alpha value is -0.0800. The SMILES string of the molecule is CCNC(C)CCCCN1CC(C)CC(C)C1C. The van der Waals surface area contributed by atoms with E-state index >= 15 is 0 Å². The predicted octanol–water partition coefficient (Wildman–Crippen LogP) is 3.52. The highest BCUT2D eigenvalue weighted by Crippen LogP contribution is 2.27. The first kappa shape index (κ1) is 16.0. The van der Waals surface area contributed by atoms with Crippen molar-refractivity contribution in [3.8, 4) is 0 Å². The van der Waals surface area contributed by atoms with E-state index < -0.39 is 0 Å². The van der Waals surface area contributed by atoms with Crippen LogP contribution in [-0.2, 0) is 0 Å². The summed E-state index contributed by atoms with van der Waals surface area (Å²) in [4.78, 5) is 2.72. The summed E-state index contributed by atoms with van der Waals surface area (Å²) < 4.78 is 0. The summed E-state index contributed by atoms with van der Waals surface area (Å²) in [5.41, 5.74) is 0. The smallest absolute Gasteiger partial charge is 0.00927 e. The zero-order valence-electron chi connectivity index (χ0n) is 13.2. The minimum Gasteiger partial charge on any atom is -0.315 e. The average Bonchev–Trinajstić information content (AvgIpc) is 2.31. The molecule has 2 heteroatoms. The standard InChI is InChI=1S/C16H34N2/c1-6-17-15(4)9-7-8-10-18-12-13(2)11-14(3)16(18)5/h13-17H,6-12H2,1-5H3. The summed E-state index contributed by atoms with van der Waals surface area (Å²) in [6.45, 7) is 15.4. The van der Waals surface area contributed by atoms with E-state index in [0.717, 1.165) is 24.4 Å². The highest BCUT2D eigenvalue weighted by Gasteiger charge is 2.27. The van der Waals surface area contributed by atoms with Gasteiger partial charge in [0.1, 0.15) is 0 Å². The van der Waals surface area contributed by atoms with E-state index in [-0.39, 0.29) is 0 Å². The van der Waals surface area contributed by atoms with Crippen LogP contribution in [0.15, 0.2) is 0 Å². The number of likely N-dealkylation sites (tertiary alicyclic amines) is 1. The van der Waals surface area contributed by atoms with Gasteiger partial charge in [-0.05, 0) is 58.0 Å². The molecule has 0 aromatic rings. The van der Waals surface area contributed by atoms with Crippen molar-refractivity contribution in [3.63, 3.8) is 0 Å². The minimum absolute atomic E-state index is 0.687. The largest absolute Gasteiger partial charge is 0.315 e. The van der Waals surface area contributed by atoms with Crippen molar-refractivity contribution >= 4 is 0 Å². The molecule has 0 aromatic heterocycles. The molecular formula is C16H34N2. The van der Waals surface area contributed by atoms with E-state index in [0.29, 0.717) is 6.04 Å². The highest BCUT2D eigenvalue weighted by molar-refractivity contribution is 4.81. The van der Waals surface area contributed by atoms with E-state index in [1.54, 1.807) is 0 Å². The van der Waals surface area contributed by atoms with Crippen LogP contribution < -0.4 is 5.32 Å². The molecule has 0 amide bonds. The molecule has 1 saturated heterocycles. The van der Waals surface area contributed by atoms with Crippen LogP contribution in [0.5, 0.6) is 0 Å². The van der Waals surface area contributed by atoms with Crippen LogP contribution in [-0.4, -0.2) is 36.6 Å². The maximum atomic E-state index is 3.49. The fourth-order valence-corrected chi connectivity index (χ4v) is 3.34. The Kier molecular flexibility index (Phi) is 7.25. The summed E-state index contributed by atoms with van der Waals surface area (Å²) in [6.07, 6.45) is 5.45. The van der Waals surface area contributed by atoms with Gasteiger partial charge in [-0.1, -0.05) is 27.2 Å². The Morgan fingerprint density at radius 2 is 1.94 bits per heavy atom. The molecule has 1 fully saturated rings. The summed E-state index contributed by atoms with van der Waals surface area (Å²) in [7, 11) is 0. The molecule has 0 aromatic carbocycles. The molecule has 1 aliphatic rings. The van der Waals surface area contributed by atoms with Gasteiger partial charge in [-0.3, -0.25) is 0 Å². The normalized spacial score (nSPS) is 31.5. The molecule has 1 rings (SSSR count). The van der Waals surface area contributed by atoms with Crippen LogP contribution in [0.3, 0.4) is 0 Å². The van der Waals surface area contributed by atoms with E-state index in [1.165, 1.54) is 38.8 Å². The van der Waals surface area contributed by atoms with Crippen LogP contribution in [0.2, 0.25) is 0 Å². The third-order valence-corrected chi connectivity index (χ3v) is 4.60. The topological polar surface area (TPSA) is 15.3 Å². The van der Waals surface area contributed by atoms with Crippen molar-refractivity contribution in [2.24, 2.45) is 11.8 Å². The maximum absolute atomic E-state index is 3.49. The van der Waals surface area contributed by atoms with Crippen molar-refractivity contribution in [3.05, 3.63) is 0 Å². The summed E-state index contributed by atoms with van der Waals surface area (Å²) in [5, 5.41) is 3.49. The quantitative estimate of drug-likeness (QED) is 0.699. The first-order valence-electron chi connectivity index (χ1n) is 8.02. The highest BCUT2D eigenvalue weighted by atomic mass is 15.2. The summed E-state index contributed by atoms with van der Waals surface area (Å²) >= 11 is 0. The molecule has 0 radical (unpaired) electrons. The number of rotatable bonds is 7. The Morgan fingerprint density at radius 3 is 2.61 bits per heavy atom. The lowest BCUT2D eigenvalue weighted by Gasteiger charge is -2.41. The molecule has 0 aliphatic carbocycles. The molecule has 1 heterocycles. The molecule has 0 saturated carbocycles. The van der Waals surface area contributed by atoms with E-state index in [1.807, 2.05) is 0 Å². The van der Waals surface area contributed by atoms with Crippen molar-refractivity contribution in [1.29, 1.82) is 0 Å². The number of nitrogens with one attached hydrogen (secondary N) is 1. The molecular weight excluding hydrogens is 220 g/mol. The molecule has 1 N–H and O–H groups in total. The number of piperidine rings is 1. The van der Waals surface area contributed by atoms with Crippen molar-refractivity contribution < 1.29 is 0 Å². The first-order valence-corrected chi connectivity index (χ1v) is 8.02. The lowest BCUT2D eigenvalue weighted by atomic mass is 9.86. The fraction of sp³-hybridized carbons (Fsp3) is 1.00. The summed E-state index contributed by atoms with van der Waals surface area (Å²) in [5.74, 6) is 1.76. The van der Waals surface area contributed by atoms with Crippen LogP contribution >= 0.6 is 0 Å². The first-order chi connectivity index (χ1) is 8.54. The number of nitrogens with zero attached hydrogens (tertiary/aromatic N) is 1. The van der Waals surface area contributed by atoms with E-state index in [4.69, 9.17) is 0 Å². The van der Waals surface area contributed by atoms with Crippen molar-refractivity contribution in [2.45, 2.75) is 72.4 Å². The number of unbranched alkanes of at least 4 members (excludes halogenated alkanes) is 1. The monoisotopic (exact) mass is 254 g/mol. The van der Waals surface area contributed by atoms with Crippen LogP contribution in [0.4, 0.5) is 0 Å². The maximum Gasteiger partial charge on any atom is 0.00927 e. The van der Waals surface area contributed by atoms with Crippen LogP contribution in [0.25, 0.3) is 0 Å². The molecule has 2 nitrogen and oxygen atoms in total. The molecule has 1 aliphatic heterocycles. The average molecular weight is 254 g/mol. The van der Waals surface area contributed by atoms with Gasteiger partial charge in [0, 0.05) is 18.6 Å². The second kappa shape index (κ2) is 8.16. The fourth-order valence-electron chi connectivity index (χ4n) is 3.34. The lowest BCUT2D eigenvalue weighted by Crippen LogP contribution is -2.46. The van der Waals surface area contributed by atoms with E-state index in [9.17, 15) is 0 Å². The Bertz CT molecular complexity index is 217. The molecule has 0 bridgehead atoms. The number of hydrogen-bond donors (Lipinski definition) is 1. The van der Waals surface area contributed by atoms with Crippen molar-refractivity contribution in [1.82, 2.24) is 10.2 Å². The zero-order valence-corrected chi connectivity index (χ0v) is 13.2. The third kappa shape index (κ3) is 5.27. The van der Waals surface area contributed by atoms with Gasteiger partial charge in [-0.25, -0.2) is 0 Å². The molecule has 4 unspecified atom stereocenters. The van der Waals surface area contributed by atoms with E-state index in [2.05, 4.69) is 44.8 Å². The lowest BCUT2D eigenvalue weighted by molar-refractivity contribution is 0.0779. The van der Waals surface area contributed by atoms with Gasteiger partial charge in [0.15, 0.2) is 0 Å². The van der Waals surface area contributed by atoms with Gasteiger partial charge in [0.25, 0.3) is 0 Å². The molecule has 0 spiro atoms. The molecule has 4 atom stereocenters. The van der Waals surface area contributed by atoms with Gasteiger partial charge in [-0.2, -0.15) is 0 Å². The van der Waals surface area contributed by atoms with Crippen LogP contribution in [0.1, 0.15) is 60.3 Å². The molecule has 18 heavy (non-hydrogen) atoms. The van der Waals surface area contributed by atoms with Crippen molar-refractivity contribution in [2.75, 3.05) is 19.6 Å². The number of hydrogen-bond acceptors (Lipinski definition) is 2. The summed E-state index contributed by atoms with van der Waals surface area (Å²) in [6, 6.07) is 1.47. The Balaban J connectivity index is 2.17.